The van der Waals surface area contributed by atoms with Gasteiger partial charge in [0.1, 0.15) is 24.2 Å². The molecule has 0 aliphatic carbocycles. The summed E-state index contributed by atoms with van der Waals surface area (Å²) in [5.74, 6) is 1.62. The molecule has 0 aliphatic heterocycles. The van der Waals surface area contributed by atoms with Crippen molar-refractivity contribution in [3.63, 3.8) is 0 Å². The van der Waals surface area contributed by atoms with Crippen molar-refractivity contribution in [2.75, 3.05) is 27.3 Å². The Kier molecular flexibility index (Phi) is 6.44. The fourth-order valence-corrected chi connectivity index (χ4v) is 2.39. The molecular weight excluding hydrogens is 290 g/mol. The number of methoxy groups -OCH3 is 1. The van der Waals surface area contributed by atoms with Crippen LogP contribution in [0.5, 0.6) is 11.5 Å². The predicted molar refractivity (Wildman–Crippen MR) is 92.0 cm³/mol. The first-order valence-corrected chi connectivity index (χ1v) is 7.80. The van der Waals surface area contributed by atoms with Gasteiger partial charge in [0, 0.05) is 12.6 Å². The first-order valence-electron chi connectivity index (χ1n) is 7.80. The summed E-state index contributed by atoms with van der Waals surface area (Å²) >= 11 is 0. The normalized spacial score (nSPS) is 13.6. The highest BCUT2D eigenvalue weighted by atomic mass is 16.5. The topological polar surface area (TPSA) is 41.9 Å². The van der Waals surface area contributed by atoms with Crippen LogP contribution in [0.4, 0.5) is 0 Å². The molecule has 2 rings (SSSR count). The Morgan fingerprint density at radius 3 is 2.26 bits per heavy atom. The SMILES string of the molecule is COc1ccc(C(C)N(C)CC(O)COc2ccccc2)cc1. The quantitative estimate of drug-likeness (QED) is 0.813. The summed E-state index contributed by atoms with van der Waals surface area (Å²) in [6.45, 7) is 2.94. The Labute approximate surface area is 138 Å². The van der Waals surface area contributed by atoms with Crippen molar-refractivity contribution in [3.05, 3.63) is 60.2 Å². The Bertz CT molecular complexity index is 571. The van der Waals surface area contributed by atoms with Gasteiger partial charge in [0.15, 0.2) is 0 Å². The highest BCUT2D eigenvalue weighted by Gasteiger charge is 2.16. The lowest BCUT2D eigenvalue weighted by molar-refractivity contribution is 0.0654. The molecule has 0 radical (unpaired) electrons. The molecule has 2 atom stereocenters. The second kappa shape index (κ2) is 8.56. The molecule has 0 aromatic heterocycles. The summed E-state index contributed by atoms with van der Waals surface area (Å²) in [6.07, 6.45) is -0.541. The van der Waals surface area contributed by atoms with Gasteiger partial charge >= 0.3 is 0 Å². The molecule has 0 spiro atoms. The second-order valence-electron chi connectivity index (χ2n) is 5.67. The summed E-state index contributed by atoms with van der Waals surface area (Å²) in [6, 6.07) is 17.7. The molecule has 23 heavy (non-hydrogen) atoms. The number of hydrogen-bond acceptors (Lipinski definition) is 4. The number of nitrogens with zero attached hydrogens (tertiary/aromatic N) is 1. The number of aliphatic hydroxyl groups excluding tert-OH is 1. The fraction of sp³-hybridized carbons (Fsp3) is 0.368. The number of para-hydroxylation sites is 1. The van der Waals surface area contributed by atoms with Gasteiger partial charge in [-0.15, -0.1) is 0 Å². The number of likely N-dealkylation sites (N-methyl/N-ethyl adjacent to an activating group) is 1. The summed E-state index contributed by atoms with van der Waals surface area (Å²) < 4.78 is 10.8. The zero-order valence-corrected chi connectivity index (χ0v) is 14.0. The van der Waals surface area contributed by atoms with Crippen LogP contribution in [0, 0.1) is 0 Å². The van der Waals surface area contributed by atoms with Gasteiger partial charge in [-0.1, -0.05) is 30.3 Å². The van der Waals surface area contributed by atoms with Gasteiger partial charge in [-0.05, 0) is 43.8 Å². The number of ether oxygens (including phenoxy) is 2. The molecule has 0 heterocycles. The monoisotopic (exact) mass is 315 g/mol. The lowest BCUT2D eigenvalue weighted by atomic mass is 10.1. The van der Waals surface area contributed by atoms with Crippen LogP contribution in [0.3, 0.4) is 0 Å². The van der Waals surface area contributed by atoms with Gasteiger partial charge in [0.05, 0.1) is 7.11 Å². The van der Waals surface area contributed by atoms with Crippen LogP contribution in [0.25, 0.3) is 0 Å². The molecule has 2 aromatic carbocycles. The van der Waals surface area contributed by atoms with Gasteiger partial charge in [0.25, 0.3) is 0 Å². The van der Waals surface area contributed by atoms with E-state index in [0.717, 1.165) is 11.5 Å². The van der Waals surface area contributed by atoms with Crippen LogP contribution < -0.4 is 9.47 Å². The van der Waals surface area contributed by atoms with Crippen LogP contribution in [0.1, 0.15) is 18.5 Å². The highest BCUT2D eigenvalue weighted by Crippen LogP contribution is 2.21. The number of hydrogen-bond donors (Lipinski definition) is 1. The van der Waals surface area contributed by atoms with E-state index in [1.165, 1.54) is 5.56 Å². The van der Waals surface area contributed by atoms with Gasteiger partial charge in [-0.2, -0.15) is 0 Å². The van der Waals surface area contributed by atoms with Crippen molar-refractivity contribution in [2.24, 2.45) is 0 Å². The molecule has 0 saturated heterocycles. The van der Waals surface area contributed by atoms with Crippen molar-refractivity contribution >= 4 is 0 Å². The minimum Gasteiger partial charge on any atom is -0.497 e. The van der Waals surface area contributed by atoms with Gasteiger partial charge in [-0.3, -0.25) is 4.90 Å². The average molecular weight is 315 g/mol. The molecule has 124 valence electrons. The molecule has 2 unspecified atom stereocenters. The van der Waals surface area contributed by atoms with Crippen LogP contribution in [0.15, 0.2) is 54.6 Å². The fourth-order valence-electron chi connectivity index (χ4n) is 2.39. The predicted octanol–water partition coefficient (Wildman–Crippen LogP) is 3.13. The summed E-state index contributed by atoms with van der Waals surface area (Å²) in [5.41, 5.74) is 1.18. The Balaban J connectivity index is 1.83. The van der Waals surface area contributed by atoms with E-state index >= 15 is 0 Å². The van der Waals surface area contributed by atoms with E-state index in [2.05, 4.69) is 11.8 Å². The van der Waals surface area contributed by atoms with E-state index in [4.69, 9.17) is 9.47 Å². The van der Waals surface area contributed by atoms with Crippen LogP contribution in [-0.4, -0.2) is 43.4 Å². The average Bonchev–Trinajstić information content (AvgIpc) is 2.60. The molecule has 4 heteroatoms. The first-order chi connectivity index (χ1) is 11.1. The van der Waals surface area contributed by atoms with Crippen LogP contribution in [-0.2, 0) is 0 Å². The number of aliphatic hydroxyl groups is 1. The van der Waals surface area contributed by atoms with Gasteiger partial charge < -0.3 is 14.6 Å². The maximum atomic E-state index is 10.2. The Morgan fingerprint density at radius 2 is 1.65 bits per heavy atom. The van der Waals surface area contributed by atoms with Crippen molar-refractivity contribution in [1.29, 1.82) is 0 Å². The standard InChI is InChI=1S/C19H25NO3/c1-15(16-9-11-18(22-3)12-10-16)20(2)13-17(21)14-23-19-7-5-4-6-8-19/h4-12,15,17,21H,13-14H2,1-3H3. The minimum absolute atomic E-state index is 0.201. The molecule has 1 N–H and O–H groups in total. The largest absolute Gasteiger partial charge is 0.497 e. The van der Waals surface area contributed by atoms with E-state index < -0.39 is 6.10 Å². The van der Waals surface area contributed by atoms with Gasteiger partial charge in [-0.25, -0.2) is 0 Å². The van der Waals surface area contributed by atoms with Crippen molar-refractivity contribution < 1.29 is 14.6 Å². The lowest BCUT2D eigenvalue weighted by Gasteiger charge is -2.27. The molecule has 0 bridgehead atoms. The number of benzene rings is 2. The molecule has 0 aliphatic rings. The molecule has 0 amide bonds. The maximum Gasteiger partial charge on any atom is 0.119 e. The minimum atomic E-state index is -0.541. The Hall–Kier alpha value is -2.04. The third-order valence-electron chi connectivity index (χ3n) is 3.94. The second-order valence-corrected chi connectivity index (χ2v) is 5.67. The Morgan fingerprint density at radius 1 is 1.00 bits per heavy atom. The lowest BCUT2D eigenvalue weighted by Crippen LogP contribution is -2.34. The van der Waals surface area contributed by atoms with Crippen molar-refractivity contribution in [2.45, 2.75) is 19.1 Å². The van der Waals surface area contributed by atoms with Crippen molar-refractivity contribution in [3.8, 4) is 11.5 Å². The van der Waals surface area contributed by atoms with E-state index in [1.54, 1.807) is 7.11 Å². The molecule has 2 aromatic rings. The number of rotatable bonds is 8. The highest BCUT2D eigenvalue weighted by molar-refractivity contribution is 5.28. The van der Waals surface area contributed by atoms with E-state index in [-0.39, 0.29) is 12.6 Å². The molecule has 0 fully saturated rings. The smallest absolute Gasteiger partial charge is 0.119 e. The van der Waals surface area contributed by atoms with E-state index in [9.17, 15) is 5.11 Å². The summed E-state index contributed by atoms with van der Waals surface area (Å²) in [4.78, 5) is 2.11. The third-order valence-corrected chi connectivity index (χ3v) is 3.94. The summed E-state index contributed by atoms with van der Waals surface area (Å²) in [7, 11) is 3.66. The zero-order valence-electron chi connectivity index (χ0n) is 14.0. The van der Waals surface area contributed by atoms with Crippen molar-refractivity contribution in [1.82, 2.24) is 4.90 Å². The van der Waals surface area contributed by atoms with Gasteiger partial charge in [0.2, 0.25) is 0 Å². The van der Waals surface area contributed by atoms with E-state index in [0.29, 0.717) is 6.54 Å². The summed E-state index contributed by atoms with van der Waals surface area (Å²) in [5, 5.41) is 10.2. The third kappa shape index (κ3) is 5.27. The van der Waals surface area contributed by atoms with E-state index in [1.807, 2.05) is 61.6 Å². The molecule has 0 saturated carbocycles. The maximum absolute atomic E-state index is 10.2. The molecular formula is C19H25NO3. The van der Waals surface area contributed by atoms with Crippen LogP contribution in [0.2, 0.25) is 0 Å². The zero-order chi connectivity index (χ0) is 16.7. The first kappa shape index (κ1) is 17.3. The van der Waals surface area contributed by atoms with Crippen LogP contribution >= 0.6 is 0 Å². The molecule has 4 nitrogen and oxygen atoms in total.